The number of rotatable bonds is 4. The fourth-order valence-electron chi connectivity index (χ4n) is 3.50. The fraction of sp³-hybridized carbons (Fsp3) is 0.250. The maximum atomic E-state index is 14.5. The Morgan fingerprint density at radius 1 is 1.19 bits per heavy atom. The Bertz CT molecular complexity index is 970. The van der Waals surface area contributed by atoms with Crippen molar-refractivity contribution in [2.45, 2.75) is 19.6 Å². The van der Waals surface area contributed by atoms with Crippen LogP contribution in [0, 0.1) is 5.82 Å². The summed E-state index contributed by atoms with van der Waals surface area (Å²) in [5.74, 6) is 0.555. The predicted molar refractivity (Wildman–Crippen MR) is 103 cm³/mol. The van der Waals surface area contributed by atoms with Crippen LogP contribution in [0.2, 0.25) is 0 Å². The number of nitrogens with zero attached hydrogens (tertiary/aromatic N) is 3. The van der Waals surface area contributed by atoms with Crippen LogP contribution in [0.15, 0.2) is 46.9 Å². The average Bonchev–Trinajstić information content (AvgIpc) is 3.10. The zero-order valence-corrected chi connectivity index (χ0v) is 16.3. The van der Waals surface area contributed by atoms with Crippen LogP contribution in [-0.2, 0) is 19.6 Å². The van der Waals surface area contributed by atoms with Gasteiger partial charge in [-0.1, -0.05) is 28.1 Å². The van der Waals surface area contributed by atoms with Gasteiger partial charge < -0.3 is 4.74 Å². The van der Waals surface area contributed by atoms with Crippen LogP contribution >= 0.6 is 15.9 Å². The van der Waals surface area contributed by atoms with Gasteiger partial charge in [-0.05, 0) is 42.9 Å². The molecule has 0 fully saturated rings. The molecule has 2 heterocycles. The van der Waals surface area contributed by atoms with Crippen molar-refractivity contribution in [1.29, 1.82) is 0 Å². The SMILES string of the molecule is COc1cc(Br)cc(Cn2nc3c(c2-c2ccccc2F)CN(C)C3)c1. The van der Waals surface area contributed by atoms with E-state index in [1.54, 1.807) is 13.2 Å². The summed E-state index contributed by atoms with van der Waals surface area (Å²) in [5.41, 5.74) is 4.63. The summed E-state index contributed by atoms with van der Waals surface area (Å²) in [6.45, 7) is 2.11. The van der Waals surface area contributed by atoms with Crippen LogP contribution in [-0.4, -0.2) is 28.8 Å². The van der Waals surface area contributed by atoms with Crippen molar-refractivity contribution in [2.75, 3.05) is 14.2 Å². The van der Waals surface area contributed by atoms with E-state index in [-0.39, 0.29) is 5.82 Å². The van der Waals surface area contributed by atoms with Crippen molar-refractivity contribution < 1.29 is 9.13 Å². The molecule has 6 heteroatoms. The minimum Gasteiger partial charge on any atom is -0.497 e. The number of hydrogen-bond donors (Lipinski definition) is 0. The van der Waals surface area contributed by atoms with Crippen LogP contribution in [0.4, 0.5) is 4.39 Å². The van der Waals surface area contributed by atoms with E-state index < -0.39 is 0 Å². The molecular formula is C20H19BrFN3O. The normalized spacial score (nSPS) is 13.8. The van der Waals surface area contributed by atoms with E-state index in [9.17, 15) is 4.39 Å². The highest BCUT2D eigenvalue weighted by atomic mass is 79.9. The maximum Gasteiger partial charge on any atom is 0.132 e. The van der Waals surface area contributed by atoms with Crippen molar-refractivity contribution in [1.82, 2.24) is 14.7 Å². The second-order valence-electron chi connectivity index (χ2n) is 6.58. The smallest absolute Gasteiger partial charge is 0.132 e. The minimum absolute atomic E-state index is 0.224. The molecule has 1 aromatic heterocycles. The Labute approximate surface area is 160 Å². The lowest BCUT2D eigenvalue weighted by Gasteiger charge is -2.14. The van der Waals surface area contributed by atoms with Crippen LogP contribution in [0.3, 0.4) is 0 Å². The Hall–Kier alpha value is -2.18. The minimum atomic E-state index is -0.224. The number of fused-ring (bicyclic) bond motifs is 1. The molecule has 0 saturated heterocycles. The number of hydrogen-bond acceptors (Lipinski definition) is 3. The summed E-state index contributed by atoms with van der Waals surface area (Å²) < 4.78 is 22.8. The Kier molecular flexibility index (Phi) is 4.54. The Morgan fingerprint density at radius 2 is 2.00 bits per heavy atom. The lowest BCUT2D eigenvalue weighted by Crippen LogP contribution is -2.13. The molecule has 0 amide bonds. The molecule has 1 aliphatic heterocycles. The monoisotopic (exact) mass is 415 g/mol. The quantitative estimate of drug-likeness (QED) is 0.630. The molecule has 26 heavy (non-hydrogen) atoms. The third kappa shape index (κ3) is 3.15. The van der Waals surface area contributed by atoms with E-state index in [0.717, 1.165) is 45.8 Å². The molecule has 2 aromatic carbocycles. The van der Waals surface area contributed by atoms with Gasteiger partial charge in [0.05, 0.1) is 25.0 Å². The second kappa shape index (κ2) is 6.85. The highest BCUT2D eigenvalue weighted by molar-refractivity contribution is 9.10. The van der Waals surface area contributed by atoms with Crippen LogP contribution in [0.1, 0.15) is 16.8 Å². The first kappa shape index (κ1) is 17.2. The Balaban J connectivity index is 1.82. The average molecular weight is 416 g/mol. The largest absolute Gasteiger partial charge is 0.497 e. The molecule has 0 spiro atoms. The first-order valence-electron chi connectivity index (χ1n) is 8.40. The van der Waals surface area contributed by atoms with Gasteiger partial charge in [-0.2, -0.15) is 5.10 Å². The molecule has 0 radical (unpaired) electrons. The molecular weight excluding hydrogens is 397 g/mol. The first-order chi connectivity index (χ1) is 12.5. The van der Waals surface area contributed by atoms with Crippen molar-refractivity contribution in [3.8, 4) is 17.0 Å². The van der Waals surface area contributed by atoms with Gasteiger partial charge >= 0.3 is 0 Å². The van der Waals surface area contributed by atoms with Crippen molar-refractivity contribution in [3.05, 3.63) is 69.6 Å². The van der Waals surface area contributed by atoms with Crippen molar-refractivity contribution in [3.63, 3.8) is 0 Å². The van der Waals surface area contributed by atoms with Gasteiger partial charge in [0, 0.05) is 28.7 Å². The summed E-state index contributed by atoms with van der Waals surface area (Å²) in [6.07, 6.45) is 0. The van der Waals surface area contributed by atoms with Crippen molar-refractivity contribution in [2.24, 2.45) is 0 Å². The number of halogens is 2. The van der Waals surface area contributed by atoms with E-state index in [4.69, 9.17) is 9.84 Å². The summed E-state index contributed by atoms with van der Waals surface area (Å²) in [4.78, 5) is 2.19. The van der Waals surface area contributed by atoms with Gasteiger partial charge in [0.1, 0.15) is 11.6 Å². The van der Waals surface area contributed by atoms with Gasteiger partial charge in [-0.25, -0.2) is 4.39 Å². The molecule has 4 nitrogen and oxygen atoms in total. The third-order valence-corrected chi connectivity index (χ3v) is 5.07. The van der Waals surface area contributed by atoms with Gasteiger partial charge in [-0.3, -0.25) is 9.58 Å². The summed E-state index contributed by atoms with van der Waals surface area (Å²) >= 11 is 3.52. The summed E-state index contributed by atoms with van der Waals surface area (Å²) in [6, 6.07) is 12.8. The zero-order chi connectivity index (χ0) is 18.3. The van der Waals surface area contributed by atoms with E-state index in [2.05, 4.69) is 27.9 Å². The second-order valence-corrected chi connectivity index (χ2v) is 7.50. The van der Waals surface area contributed by atoms with Gasteiger partial charge in [0.15, 0.2) is 0 Å². The standard InChI is InChI=1S/C20H19BrFN3O/c1-24-11-17-19(12-24)23-25(20(17)16-5-3-4-6-18(16)22)10-13-7-14(21)9-15(8-13)26-2/h3-9H,10-12H2,1-2H3. The molecule has 134 valence electrons. The molecule has 4 rings (SSSR count). The van der Waals surface area contributed by atoms with Crippen molar-refractivity contribution >= 4 is 15.9 Å². The summed E-state index contributed by atoms with van der Waals surface area (Å²) in [7, 11) is 3.70. The molecule has 0 saturated carbocycles. The van der Waals surface area contributed by atoms with E-state index >= 15 is 0 Å². The highest BCUT2D eigenvalue weighted by Gasteiger charge is 2.27. The van der Waals surface area contributed by atoms with Crippen LogP contribution in [0.5, 0.6) is 5.75 Å². The van der Waals surface area contributed by atoms with E-state index in [0.29, 0.717) is 12.1 Å². The molecule has 0 unspecified atom stereocenters. The Morgan fingerprint density at radius 3 is 2.77 bits per heavy atom. The molecule has 0 N–H and O–H groups in total. The maximum absolute atomic E-state index is 14.5. The number of benzene rings is 2. The number of methoxy groups -OCH3 is 1. The van der Waals surface area contributed by atoms with Crippen LogP contribution in [0.25, 0.3) is 11.3 Å². The summed E-state index contributed by atoms with van der Waals surface area (Å²) in [5, 5.41) is 4.79. The molecule has 0 atom stereocenters. The topological polar surface area (TPSA) is 30.3 Å². The lowest BCUT2D eigenvalue weighted by atomic mass is 10.1. The number of ether oxygens (including phenoxy) is 1. The first-order valence-corrected chi connectivity index (χ1v) is 9.20. The lowest BCUT2D eigenvalue weighted by molar-refractivity contribution is 0.346. The molecule has 3 aromatic rings. The fourth-order valence-corrected chi connectivity index (χ4v) is 4.01. The molecule has 0 bridgehead atoms. The predicted octanol–water partition coefficient (Wildman–Crippen LogP) is 4.45. The third-order valence-electron chi connectivity index (χ3n) is 4.61. The van der Waals surface area contributed by atoms with E-state index in [1.165, 1.54) is 6.07 Å². The molecule has 1 aliphatic rings. The van der Waals surface area contributed by atoms with Gasteiger partial charge in [0.2, 0.25) is 0 Å². The van der Waals surface area contributed by atoms with Gasteiger partial charge in [0.25, 0.3) is 0 Å². The zero-order valence-electron chi connectivity index (χ0n) is 14.7. The highest BCUT2D eigenvalue weighted by Crippen LogP contribution is 2.34. The van der Waals surface area contributed by atoms with E-state index in [1.807, 2.05) is 35.0 Å². The van der Waals surface area contributed by atoms with Crippen LogP contribution < -0.4 is 4.74 Å². The van der Waals surface area contributed by atoms with Gasteiger partial charge in [-0.15, -0.1) is 0 Å². The number of aromatic nitrogens is 2. The molecule has 0 aliphatic carbocycles.